The number of rotatable bonds is 5. The normalized spacial score (nSPS) is 11.9. The smallest absolute Gasteiger partial charge is 0.248 e. The molecule has 8 heteroatoms. The number of pyridine rings is 1. The highest BCUT2D eigenvalue weighted by molar-refractivity contribution is 7.89. The maximum absolute atomic E-state index is 12.6. The molecule has 0 unspecified atom stereocenters. The van der Waals surface area contributed by atoms with E-state index in [4.69, 9.17) is 5.73 Å². The zero-order valence-corrected chi connectivity index (χ0v) is 12.2. The number of hydrogen-bond acceptors (Lipinski definition) is 5. The third kappa shape index (κ3) is 2.81. The minimum Gasteiger partial charge on any atom is -0.381 e. The zero-order chi connectivity index (χ0) is 14.8. The lowest BCUT2D eigenvalue weighted by atomic mass is 10.3. The number of anilines is 1. The molecule has 2 heterocycles. The molecule has 2 rings (SSSR count). The standard InChI is InChI=1S/C12H17N5O2S/c1-3-17(8-10-4-6-14-7-5-10)20(18,19)11-9-16(2)15-12(11)13/h4-7,9H,3,8H2,1-2H3,(H2,13,15). The second-order valence-corrected chi connectivity index (χ2v) is 6.25. The first kappa shape index (κ1) is 14.5. The maximum Gasteiger partial charge on any atom is 0.248 e. The molecule has 0 aliphatic rings. The summed E-state index contributed by atoms with van der Waals surface area (Å²) in [5, 5.41) is 3.88. The van der Waals surface area contributed by atoms with Crippen LogP contribution in [0.25, 0.3) is 0 Å². The molecule has 0 fully saturated rings. The average molecular weight is 295 g/mol. The van der Waals surface area contributed by atoms with Gasteiger partial charge in [-0.1, -0.05) is 6.92 Å². The van der Waals surface area contributed by atoms with Gasteiger partial charge in [0.2, 0.25) is 10.0 Å². The van der Waals surface area contributed by atoms with E-state index < -0.39 is 10.0 Å². The Hall–Kier alpha value is -1.93. The molecule has 0 radical (unpaired) electrons. The van der Waals surface area contributed by atoms with Gasteiger partial charge in [-0.3, -0.25) is 9.67 Å². The molecule has 0 bridgehead atoms. The van der Waals surface area contributed by atoms with Crippen LogP contribution in [0.3, 0.4) is 0 Å². The van der Waals surface area contributed by atoms with Crippen molar-refractivity contribution < 1.29 is 8.42 Å². The van der Waals surface area contributed by atoms with Gasteiger partial charge in [0.05, 0.1) is 0 Å². The molecule has 2 aromatic heterocycles. The summed E-state index contributed by atoms with van der Waals surface area (Å²) in [6.07, 6.45) is 4.68. The van der Waals surface area contributed by atoms with E-state index in [1.165, 1.54) is 15.2 Å². The maximum atomic E-state index is 12.6. The molecule has 20 heavy (non-hydrogen) atoms. The fourth-order valence-electron chi connectivity index (χ4n) is 1.88. The summed E-state index contributed by atoms with van der Waals surface area (Å²) in [5.74, 6) is 0.0145. The first-order chi connectivity index (χ1) is 9.45. The van der Waals surface area contributed by atoms with E-state index in [0.29, 0.717) is 6.54 Å². The minimum atomic E-state index is -3.65. The quantitative estimate of drug-likeness (QED) is 0.872. The largest absolute Gasteiger partial charge is 0.381 e. The predicted octanol–water partition coefficient (Wildman–Crippen LogP) is 0.608. The number of aromatic nitrogens is 3. The fraction of sp³-hybridized carbons (Fsp3) is 0.333. The van der Waals surface area contributed by atoms with Crippen molar-refractivity contribution in [3.05, 3.63) is 36.3 Å². The second kappa shape index (κ2) is 5.59. The molecule has 0 aromatic carbocycles. The molecule has 0 amide bonds. The molecule has 0 spiro atoms. The second-order valence-electron chi connectivity index (χ2n) is 4.34. The first-order valence-electron chi connectivity index (χ1n) is 6.13. The molecular formula is C12H17N5O2S. The third-order valence-electron chi connectivity index (χ3n) is 2.90. The Morgan fingerprint density at radius 3 is 2.50 bits per heavy atom. The van der Waals surface area contributed by atoms with Gasteiger partial charge >= 0.3 is 0 Å². The van der Waals surface area contributed by atoms with Crippen LogP contribution < -0.4 is 5.73 Å². The molecule has 108 valence electrons. The Morgan fingerprint density at radius 1 is 1.35 bits per heavy atom. The van der Waals surface area contributed by atoms with Crippen LogP contribution >= 0.6 is 0 Å². The van der Waals surface area contributed by atoms with Crippen LogP contribution in [-0.4, -0.2) is 34.0 Å². The number of aryl methyl sites for hydroxylation is 1. The lowest BCUT2D eigenvalue weighted by Gasteiger charge is -2.19. The Bertz CT molecular complexity index is 681. The van der Waals surface area contributed by atoms with Crippen LogP contribution in [0.4, 0.5) is 5.82 Å². The van der Waals surface area contributed by atoms with Crippen LogP contribution in [-0.2, 0) is 23.6 Å². The lowest BCUT2D eigenvalue weighted by Crippen LogP contribution is -2.30. The SMILES string of the molecule is CCN(Cc1ccncc1)S(=O)(=O)c1cn(C)nc1N. The highest BCUT2D eigenvalue weighted by Crippen LogP contribution is 2.22. The topological polar surface area (TPSA) is 94.1 Å². The van der Waals surface area contributed by atoms with Gasteiger partial charge in [-0.2, -0.15) is 9.40 Å². The van der Waals surface area contributed by atoms with E-state index in [1.807, 2.05) is 0 Å². The van der Waals surface area contributed by atoms with Crippen molar-refractivity contribution in [2.45, 2.75) is 18.4 Å². The molecule has 2 aromatic rings. The average Bonchev–Trinajstić information content (AvgIpc) is 2.76. The Labute approximate surface area is 118 Å². The van der Waals surface area contributed by atoms with Gasteiger partial charge in [0.15, 0.2) is 5.82 Å². The van der Waals surface area contributed by atoms with Crippen molar-refractivity contribution >= 4 is 15.8 Å². The van der Waals surface area contributed by atoms with Crippen molar-refractivity contribution in [2.75, 3.05) is 12.3 Å². The number of sulfonamides is 1. The van der Waals surface area contributed by atoms with Crippen LogP contribution in [0.5, 0.6) is 0 Å². The summed E-state index contributed by atoms with van der Waals surface area (Å²) in [6.45, 7) is 2.40. The summed E-state index contributed by atoms with van der Waals surface area (Å²) in [7, 11) is -2.02. The number of nitrogen functional groups attached to an aromatic ring is 1. The van der Waals surface area contributed by atoms with Crippen LogP contribution in [0, 0.1) is 0 Å². The minimum absolute atomic E-state index is 0.0145. The van der Waals surface area contributed by atoms with E-state index in [1.54, 1.807) is 38.5 Å². The monoisotopic (exact) mass is 295 g/mol. The highest BCUT2D eigenvalue weighted by atomic mass is 32.2. The fourth-order valence-corrected chi connectivity index (χ4v) is 3.41. The molecule has 0 saturated carbocycles. The van der Waals surface area contributed by atoms with E-state index in [0.717, 1.165) is 5.56 Å². The number of nitrogens with zero attached hydrogens (tertiary/aromatic N) is 4. The summed E-state index contributed by atoms with van der Waals surface area (Å²) < 4.78 is 27.9. The van der Waals surface area contributed by atoms with E-state index >= 15 is 0 Å². The van der Waals surface area contributed by atoms with E-state index in [2.05, 4.69) is 10.1 Å². The van der Waals surface area contributed by atoms with Gasteiger partial charge in [0.1, 0.15) is 4.90 Å². The van der Waals surface area contributed by atoms with Gasteiger partial charge in [-0.25, -0.2) is 8.42 Å². The first-order valence-corrected chi connectivity index (χ1v) is 7.57. The molecular weight excluding hydrogens is 278 g/mol. The van der Waals surface area contributed by atoms with Crippen molar-refractivity contribution in [3.8, 4) is 0 Å². The third-order valence-corrected chi connectivity index (χ3v) is 4.84. The summed E-state index contributed by atoms with van der Waals surface area (Å²) in [5.41, 5.74) is 6.53. The van der Waals surface area contributed by atoms with Crippen molar-refractivity contribution in [3.63, 3.8) is 0 Å². The summed E-state index contributed by atoms with van der Waals surface area (Å²) in [6, 6.07) is 3.57. The summed E-state index contributed by atoms with van der Waals surface area (Å²) >= 11 is 0. The Kier molecular flexibility index (Phi) is 4.05. The Balaban J connectivity index is 2.33. The van der Waals surface area contributed by atoms with Gasteiger partial charge in [-0.05, 0) is 17.7 Å². The van der Waals surface area contributed by atoms with Crippen molar-refractivity contribution in [2.24, 2.45) is 7.05 Å². The number of nitrogens with two attached hydrogens (primary N) is 1. The van der Waals surface area contributed by atoms with Crippen molar-refractivity contribution in [1.29, 1.82) is 0 Å². The molecule has 0 atom stereocenters. The lowest BCUT2D eigenvalue weighted by molar-refractivity contribution is 0.423. The van der Waals surface area contributed by atoms with Gasteiger partial charge in [0, 0.05) is 38.7 Å². The highest BCUT2D eigenvalue weighted by Gasteiger charge is 2.27. The van der Waals surface area contributed by atoms with Gasteiger partial charge < -0.3 is 5.73 Å². The van der Waals surface area contributed by atoms with Crippen LogP contribution in [0.15, 0.2) is 35.6 Å². The number of hydrogen-bond donors (Lipinski definition) is 1. The van der Waals surface area contributed by atoms with E-state index in [9.17, 15) is 8.42 Å². The van der Waals surface area contributed by atoms with Gasteiger partial charge in [0.25, 0.3) is 0 Å². The molecule has 0 aliphatic heterocycles. The molecule has 0 saturated heterocycles. The zero-order valence-electron chi connectivity index (χ0n) is 11.4. The van der Waals surface area contributed by atoms with E-state index in [-0.39, 0.29) is 17.3 Å². The molecule has 2 N–H and O–H groups in total. The molecule has 0 aliphatic carbocycles. The van der Waals surface area contributed by atoms with Gasteiger partial charge in [-0.15, -0.1) is 0 Å². The predicted molar refractivity (Wildman–Crippen MR) is 75.1 cm³/mol. The van der Waals surface area contributed by atoms with Crippen molar-refractivity contribution in [1.82, 2.24) is 19.1 Å². The Morgan fingerprint density at radius 2 is 2.00 bits per heavy atom. The molecule has 7 nitrogen and oxygen atoms in total. The van der Waals surface area contributed by atoms with Crippen LogP contribution in [0.2, 0.25) is 0 Å². The van der Waals surface area contributed by atoms with Crippen LogP contribution in [0.1, 0.15) is 12.5 Å². The summed E-state index contributed by atoms with van der Waals surface area (Å²) in [4.78, 5) is 3.95.